The molecule has 0 aliphatic heterocycles. The topological polar surface area (TPSA) is 20.2 Å². The highest BCUT2D eigenvalue weighted by Crippen LogP contribution is 2.30. The fourth-order valence-electron chi connectivity index (χ4n) is 1.57. The summed E-state index contributed by atoms with van der Waals surface area (Å²) in [6.45, 7) is 1.89. The number of benzene rings is 1. The summed E-state index contributed by atoms with van der Waals surface area (Å²) >= 11 is 7.31. The van der Waals surface area contributed by atoms with Gasteiger partial charge < -0.3 is 5.11 Å². The fraction of sp³-hybridized carbons (Fsp3) is 0.167. The molecule has 2 rings (SSSR count). The standard InChI is InChI=1S/C12H10ClFOS/c1-7-9(4-5-16-7)12(15)10-6-8(13)2-3-11(10)14/h2-6,12,15H,1H3. The molecular weight excluding hydrogens is 247 g/mol. The molecule has 0 aliphatic carbocycles. The van der Waals surface area contributed by atoms with Crippen LogP contribution in [0.5, 0.6) is 0 Å². The minimum absolute atomic E-state index is 0.217. The number of hydrogen-bond donors (Lipinski definition) is 1. The van der Waals surface area contributed by atoms with Crippen LogP contribution in [0, 0.1) is 12.7 Å². The molecular formula is C12H10ClFOS. The van der Waals surface area contributed by atoms with E-state index in [0.717, 1.165) is 10.4 Å². The number of thiophene rings is 1. The molecule has 0 amide bonds. The Labute approximate surface area is 102 Å². The van der Waals surface area contributed by atoms with Crippen LogP contribution < -0.4 is 0 Å². The number of aryl methyl sites for hydroxylation is 1. The predicted octanol–water partition coefficient (Wildman–Crippen LogP) is 3.93. The zero-order valence-corrected chi connectivity index (χ0v) is 10.1. The van der Waals surface area contributed by atoms with Crippen LogP contribution in [-0.2, 0) is 0 Å². The Morgan fingerprint density at radius 1 is 1.31 bits per heavy atom. The summed E-state index contributed by atoms with van der Waals surface area (Å²) in [5.74, 6) is -0.442. The number of aliphatic hydroxyl groups is 1. The van der Waals surface area contributed by atoms with Crippen molar-refractivity contribution in [1.29, 1.82) is 0 Å². The molecule has 0 saturated heterocycles. The van der Waals surface area contributed by atoms with Gasteiger partial charge in [-0.1, -0.05) is 11.6 Å². The summed E-state index contributed by atoms with van der Waals surface area (Å²) < 4.78 is 13.5. The maximum Gasteiger partial charge on any atom is 0.129 e. The first-order valence-corrected chi connectivity index (χ1v) is 6.02. The zero-order chi connectivity index (χ0) is 11.7. The normalized spacial score (nSPS) is 12.8. The van der Waals surface area contributed by atoms with E-state index in [9.17, 15) is 9.50 Å². The summed E-state index contributed by atoms with van der Waals surface area (Å²) in [5.41, 5.74) is 0.945. The summed E-state index contributed by atoms with van der Waals surface area (Å²) in [5, 5.41) is 12.4. The van der Waals surface area contributed by atoms with E-state index in [4.69, 9.17) is 11.6 Å². The summed E-state index contributed by atoms with van der Waals surface area (Å²) in [6, 6.07) is 5.99. The van der Waals surface area contributed by atoms with Gasteiger partial charge in [0.1, 0.15) is 11.9 Å². The van der Waals surface area contributed by atoms with Gasteiger partial charge in [0.05, 0.1) is 0 Å². The number of aliphatic hydroxyl groups excluding tert-OH is 1. The largest absolute Gasteiger partial charge is 0.384 e. The molecule has 0 saturated carbocycles. The predicted molar refractivity (Wildman–Crippen MR) is 64.5 cm³/mol. The van der Waals surface area contributed by atoms with Gasteiger partial charge in [-0.25, -0.2) is 4.39 Å². The van der Waals surface area contributed by atoms with E-state index in [2.05, 4.69) is 0 Å². The molecule has 0 spiro atoms. The fourth-order valence-corrected chi connectivity index (χ4v) is 2.49. The molecule has 1 nitrogen and oxygen atoms in total. The highest BCUT2D eigenvalue weighted by Gasteiger charge is 2.17. The molecule has 0 radical (unpaired) electrons. The molecule has 0 aliphatic rings. The van der Waals surface area contributed by atoms with Gasteiger partial charge in [-0.3, -0.25) is 0 Å². The van der Waals surface area contributed by atoms with Crippen LogP contribution in [0.1, 0.15) is 22.1 Å². The molecule has 2 aromatic rings. The van der Waals surface area contributed by atoms with E-state index in [1.807, 2.05) is 12.3 Å². The molecule has 0 bridgehead atoms. The SMILES string of the molecule is Cc1sccc1C(O)c1cc(Cl)ccc1F. The van der Waals surface area contributed by atoms with E-state index in [1.54, 1.807) is 6.07 Å². The first-order valence-electron chi connectivity index (χ1n) is 4.76. The molecule has 4 heteroatoms. The van der Waals surface area contributed by atoms with E-state index in [0.29, 0.717) is 5.02 Å². The maximum atomic E-state index is 13.5. The summed E-state index contributed by atoms with van der Waals surface area (Å²) in [7, 11) is 0. The second-order valence-electron chi connectivity index (χ2n) is 3.50. The molecule has 1 aromatic heterocycles. The molecule has 1 heterocycles. The van der Waals surface area contributed by atoms with Crippen molar-refractivity contribution in [2.75, 3.05) is 0 Å². The van der Waals surface area contributed by atoms with E-state index in [1.165, 1.54) is 29.5 Å². The quantitative estimate of drug-likeness (QED) is 0.863. The van der Waals surface area contributed by atoms with Crippen LogP contribution >= 0.6 is 22.9 Å². The number of rotatable bonds is 2. The number of hydrogen-bond acceptors (Lipinski definition) is 2. The van der Waals surface area contributed by atoms with Crippen LogP contribution in [0.3, 0.4) is 0 Å². The Balaban J connectivity index is 2.45. The van der Waals surface area contributed by atoms with E-state index in [-0.39, 0.29) is 5.56 Å². The van der Waals surface area contributed by atoms with Gasteiger partial charge in [0.25, 0.3) is 0 Å². The van der Waals surface area contributed by atoms with Gasteiger partial charge in [0.15, 0.2) is 0 Å². The van der Waals surface area contributed by atoms with Crippen molar-refractivity contribution in [2.45, 2.75) is 13.0 Å². The van der Waals surface area contributed by atoms with Crippen LogP contribution in [0.4, 0.5) is 4.39 Å². The first-order chi connectivity index (χ1) is 7.59. The van der Waals surface area contributed by atoms with Crippen molar-refractivity contribution in [1.82, 2.24) is 0 Å². The van der Waals surface area contributed by atoms with Crippen LogP contribution in [0.25, 0.3) is 0 Å². The minimum Gasteiger partial charge on any atom is -0.384 e. The highest BCUT2D eigenvalue weighted by molar-refractivity contribution is 7.10. The summed E-state index contributed by atoms with van der Waals surface area (Å²) in [4.78, 5) is 0.979. The molecule has 1 atom stereocenters. The van der Waals surface area contributed by atoms with Gasteiger partial charge in [0.2, 0.25) is 0 Å². The molecule has 16 heavy (non-hydrogen) atoms. The molecule has 84 valence electrons. The Morgan fingerprint density at radius 2 is 2.06 bits per heavy atom. The minimum atomic E-state index is -0.954. The average Bonchev–Trinajstić information content (AvgIpc) is 2.67. The van der Waals surface area contributed by atoms with Crippen molar-refractivity contribution in [3.8, 4) is 0 Å². The lowest BCUT2D eigenvalue weighted by atomic mass is 10.0. The monoisotopic (exact) mass is 256 g/mol. The van der Waals surface area contributed by atoms with Crippen molar-refractivity contribution < 1.29 is 9.50 Å². The number of halogens is 2. The lowest BCUT2D eigenvalue weighted by Crippen LogP contribution is -2.02. The van der Waals surface area contributed by atoms with E-state index < -0.39 is 11.9 Å². The second-order valence-corrected chi connectivity index (χ2v) is 5.06. The second kappa shape index (κ2) is 4.53. The van der Waals surface area contributed by atoms with Gasteiger partial charge >= 0.3 is 0 Å². The Morgan fingerprint density at radius 3 is 2.69 bits per heavy atom. The van der Waals surface area contributed by atoms with Crippen LogP contribution in [0.15, 0.2) is 29.6 Å². The lowest BCUT2D eigenvalue weighted by Gasteiger charge is -2.12. The van der Waals surface area contributed by atoms with Crippen LogP contribution in [0.2, 0.25) is 5.02 Å². The van der Waals surface area contributed by atoms with Crippen molar-refractivity contribution in [2.24, 2.45) is 0 Å². The van der Waals surface area contributed by atoms with Gasteiger partial charge in [-0.15, -0.1) is 11.3 Å². The smallest absolute Gasteiger partial charge is 0.129 e. The molecule has 1 N–H and O–H groups in total. The van der Waals surface area contributed by atoms with Crippen molar-refractivity contribution in [3.63, 3.8) is 0 Å². The Bertz CT molecular complexity index is 509. The van der Waals surface area contributed by atoms with Gasteiger partial charge in [-0.05, 0) is 42.1 Å². The first kappa shape index (κ1) is 11.6. The molecule has 1 unspecified atom stereocenters. The van der Waals surface area contributed by atoms with E-state index >= 15 is 0 Å². The summed E-state index contributed by atoms with van der Waals surface area (Å²) in [6.07, 6.45) is -0.954. The van der Waals surface area contributed by atoms with Crippen LogP contribution in [-0.4, -0.2) is 5.11 Å². The third-order valence-electron chi connectivity index (χ3n) is 2.45. The average molecular weight is 257 g/mol. The molecule has 1 aromatic carbocycles. The van der Waals surface area contributed by atoms with Crippen molar-refractivity contribution >= 4 is 22.9 Å². The Hall–Kier alpha value is -0.900. The highest BCUT2D eigenvalue weighted by atomic mass is 35.5. The van der Waals surface area contributed by atoms with Crippen molar-refractivity contribution in [3.05, 3.63) is 56.5 Å². The van der Waals surface area contributed by atoms with Gasteiger partial charge in [-0.2, -0.15) is 0 Å². The third kappa shape index (κ3) is 2.12. The Kier molecular flexibility index (Phi) is 3.28. The maximum absolute atomic E-state index is 13.5. The van der Waals surface area contributed by atoms with Gasteiger partial charge in [0, 0.05) is 15.5 Å². The lowest BCUT2D eigenvalue weighted by molar-refractivity contribution is 0.215. The molecule has 0 fully saturated rings. The third-order valence-corrected chi connectivity index (χ3v) is 3.54. The zero-order valence-electron chi connectivity index (χ0n) is 8.58.